The van der Waals surface area contributed by atoms with E-state index in [0.717, 1.165) is 27.8 Å². The number of benzene rings is 4. The SMILES string of the molecule is CC1(C)COC(C)(C)N1C(=O)O[C@@H]1CC[C@H](OC(c2ccccc2)(c2ccccc2)c2ccccc2)/C1=C\c1ccccc1. The van der Waals surface area contributed by atoms with Gasteiger partial charge in [-0.1, -0.05) is 121 Å². The van der Waals surface area contributed by atoms with E-state index in [9.17, 15) is 4.79 Å². The molecule has 4 aromatic rings. The Kier molecular flexibility index (Phi) is 8.19. The van der Waals surface area contributed by atoms with E-state index >= 15 is 0 Å². The third kappa shape index (κ3) is 5.70. The van der Waals surface area contributed by atoms with Gasteiger partial charge in [-0.05, 0) is 74.4 Å². The van der Waals surface area contributed by atoms with E-state index in [1.54, 1.807) is 4.90 Å². The number of rotatable bonds is 7. The molecular formula is C39H41NO4. The summed E-state index contributed by atoms with van der Waals surface area (Å²) >= 11 is 0. The molecule has 0 N–H and O–H groups in total. The summed E-state index contributed by atoms with van der Waals surface area (Å²) in [4.78, 5) is 15.6. The molecule has 2 fully saturated rings. The van der Waals surface area contributed by atoms with Crippen LogP contribution < -0.4 is 0 Å². The number of amides is 1. The predicted octanol–water partition coefficient (Wildman–Crippen LogP) is 8.59. The first-order chi connectivity index (χ1) is 21.2. The van der Waals surface area contributed by atoms with E-state index in [-0.39, 0.29) is 12.2 Å². The summed E-state index contributed by atoms with van der Waals surface area (Å²) in [5, 5.41) is 0. The molecule has 226 valence electrons. The zero-order valence-corrected chi connectivity index (χ0v) is 26.0. The van der Waals surface area contributed by atoms with Gasteiger partial charge in [-0.2, -0.15) is 0 Å². The van der Waals surface area contributed by atoms with E-state index in [2.05, 4.69) is 91.0 Å². The number of hydrogen-bond donors (Lipinski definition) is 0. The van der Waals surface area contributed by atoms with Crippen molar-refractivity contribution >= 4 is 12.2 Å². The molecule has 0 spiro atoms. The molecule has 1 aliphatic carbocycles. The number of ether oxygens (including phenoxy) is 3. The smallest absolute Gasteiger partial charge is 0.413 e. The highest BCUT2D eigenvalue weighted by Gasteiger charge is 2.51. The minimum Gasteiger partial charge on any atom is -0.441 e. The summed E-state index contributed by atoms with van der Waals surface area (Å²) in [6.07, 6.45) is 2.36. The summed E-state index contributed by atoms with van der Waals surface area (Å²) in [7, 11) is 0. The molecule has 0 radical (unpaired) electrons. The first-order valence-corrected chi connectivity index (χ1v) is 15.5. The van der Waals surface area contributed by atoms with Gasteiger partial charge in [0.2, 0.25) is 0 Å². The van der Waals surface area contributed by atoms with Crippen molar-refractivity contribution in [1.29, 1.82) is 0 Å². The lowest BCUT2D eigenvalue weighted by molar-refractivity contribution is -0.0564. The first kappa shape index (κ1) is 29.9. The standard InChI is InChI=1S/C39H41NO4/c1-37(2)28-42-38(3,4)40(37)36(41)43-34-25-26-35(33(34)27-29-17-9-5-10-18-29)44-39(30-19-11-6-12-20-30,31-21-13-7-14-22-31)32-23-15-8-16-24-32/h5-24,27,34-35H,25-26,28H2,1-4H3/b33-27-/t34-,35+/m1/s1. The molecule has 44 heavy (non-hydrogen) atoms. The molecule has 5 nitrogen and oxygen atoms in total. The molecule has 4 aromatic carbocycles. The zero-order valence-electron chi connectivity index (χ0n) is 26.0. The van der Waals surface area contributed by atoms with Crippen LogP contribution in [0.25, 0.3) is 6.08 Å². The van der Waals surface area contributed by atoms with E-state index < -0.39 is 23.0 Å². The van der Waals surface area contributed by atoms with Gasteiger partial charge in [0, 0.05) is 0 Å². The second-order valence-corrected chi connectivity index (χ2v) is 12.8. The molecule has 1 saturated carbocycles. The lowest BCUT2D eigenvalue weighted by atomic mass is 9.79. The molecule has 0 bridgehead atoms. The van der Waals surface area contributed by atoms with Crippen LogP contribution in [0, 0.1) is 0 Å². The lowest BCUT2D eigenvalue weighted by Crippen LogP contribution is -2.53. The minimum absolute atomic E-state index is 0.315. The summed E-state index contributed by atoms with van der Waals surface area (Å²) in [5.74, 6) is 0. The Hall–Kier alpha value is -4.19. The molecule has 5 heteroatoms. The normalized spacial score (nSPS) is 21.8. The van der Waals surface area contributed by atoms with Crippen LogP contribution in [0.4, 0.5) is 4.79 Å². The third-order valence-electron chi connectivity index (χ3n) is 8.78. The number of nitrogens with zero attached hydrogens (tertiary/aromatic N) is 1. The Labute approximate surface area is 261 Å². The fourth-order valence-corrected chi connectivity index (χ4v) is 6.81. The van der Waals surface area contributed by atoms with E-state index in [4.69, 9.17) is 14.2 Å². The highest BCUT2D eigenvalue weighted by atomic mass is 16.6. The highest BCUT2D eigenvalue weighted by molar-refractivity contribution is 5.71. The van der Waals surface area contributed by atoms with Gasteiger partial charge in [-0.25, -0.2) is 4.79 Å². The van der Waals surface area contributed by atoms with Crippen molar-refractivity contribution in [1.82, 2.24) is 4.90 Å². The number of carbonyl (C=O) groups excluding carboxylic acids is 1. The lowest BCUT2D eigenvalue weighted by Gasteiger charge is -2.39. The molecule has 6 rings (SSSR count). The van der Waals surface area contributed by atoms with Crippen molar-refractivity contribution in [3.8, 4) is 0 Å². The maximum atomic E-state index is 13.8. The third-order valence-corrected chi connectivity index (χ3v) is 8.78. The van der Waals surface area contributed by atoms with Gasteiger partial charge in [0.25, 0.3) is 0 Å². The van der Waals surface area contributed by atoms with Crippen molar-refractivity contribution in [3.63, 3.8) is 0 Å². The molecule has 1 aliphatic heterocycles. The van der Waals surface area contributed by atoms with Crippen molar-refractivity contribution < 1.29 is 19.0 Å². The van der Waals surface area contributed by atoms with Gasteiger partial charge in [0.05, 0.1) is 18.2 Å². The second-order valence-electron chi connectivity index (χ2n) is 12.8. The van der Waals surface area contributed by atoms with Crippen LogP contribution in [-0.4, -0.2) is 41.1 Å². The van der Waals surface area contributed by atoms with E-state index in [1.807, 2.05) is 64.1 Å². The number of carbonyl (C=O) groups is 1. The number of hydrogen-bond acceptors (Lipinski definition) is 4. The van der Waals surface area contributed by atoms with Gasteiger partial charge in [0.1, 0.15) is 17.4 Å². The Morgan fingerprint density at radius 2 is 1.18 bits per heavy atom. The van der Waals surface area contributed by atoms with Gasteiger partial charge in [-0.15, -0.1) is 0 Å². The van der Waals surface area contributed by atoms with E-state index in [0.29, 0.717) is 19.4 Å². The Balaban J connectivity index is 1.44. The topological polar surface area (TPSA) is 48.0 Å². The summed E-state index contributed by atoms with van der Waals surface area (Å²) in [6.45, 7) is 8.30. The van der Waals surface area contributed by atoms with Crippen LogP contribution in [0.5, 0.6) is 0 Å². The quantitative estimate of drug-likeness (QED) is 0.203. The van der Waals surface area contributed by atoms with Gasteiger partial charge < -0.3 is 14.2 Å². The largest absolute Gasteiger partial charge is 0.441 e. The average Bonchev–Trinajstić information content (AvgIpc) is 3.51. The Morgan fingerprint density at radius 3 is 1.64 bits per heavy atom. The van der Waals surface area contributed by atoms with Gasteiger partial charge in [-0.3, -0.25) is 4.90 Å². The monoisotopic (exact) mass is 587 g/mol. The molecule has 2 aliphatic rings. The minimum atomic E-state index is -0.893. The van der Waals surface area contributed by atoms with Gasteiger partial charge >= 0.3 is 6.09 Å². The molecule has 0 unspecified atom stereocenters. The van der Waals surface area contributed by atoms with Gasteiger partial charge in [0.15, 0.2) is 0 Å². The van der Waals surface area contributed by atoms with Crippen LogP contribution in [0.1, 0.15) is 62.8 Å². The fraction of sp³-hybridized carbons (Fsp3) is 0.308. The van der Waals surface area contributed by atoms with Crippen LogP contribution >= 0.6 is 0 Å². The molecular weight excluding hydrogens is 546 g/mol. The Morgan fingerprint density at radius 1 is 0.727 bits per heavy atom. The maximum absolute atomic E-state index is 13.8. The van der Waals surface area contributed by atoms with Crippen LogP contribution in [-0.2, 0) is 19.8 Å². The maximum Gasteiger partial charge on any atom is 0.413 e. The molecule has 2 atom stereocenters. The molecule has 1 saturated heterocycles. The summed E-state index contributed by atoms with van der Waals surface area (Å²) in [5.41, 5.74) is 2.96. The summed E-state index contributed by atoms with van der Waals surface area (Å²) in [6, 6.07) is 41.4. The van der Waals surface area contributed by atoms with Crippen LogP contribution in [0.2, 0.25) is 0 Å². The average molecular weight is 588 g/mol. The fourth-order valence-electron chi connectivity index (χ4n) is 6.81. The highest BCUT2D eigenvalue weighted by Crippen LogP contribution is 2.46. The van der Waals surface area contributed by atoms with Crippen molar-refractivity contribution in [2.45, 2.75) is 69.6 Å². The summed E-state index contributed by atoms with van der Waals surface area (Å²) < 4.78 is 19.8. The van der Waals surface area contributed by atoms with Crippen molar-refractivity contribution in [3.05, 3.63) is 149 Å². The second kappa shape index (κ2) is 12.1. The van der Waals surface area contributed by atoms with Crippen molar-refractivity contribution in [2.75, 3.05) is 6.61 Å². The zero-order chi connectivity index (χ0) is 30.8. The van der Waals surface area contributed by atoms with Crippen LogP contribution in [0.3, 0.4) is 0 Å². The molecule has 1 heterocycles. The van der Waals surface area contributed by atoms with E-state index in [1.165, 1.54) is 0 Å². The molecule has 0 aromatic heterocycles. The predicted molar refractivity (Wildman–Crippen MR) is 174 cm³/mol. The van der Waals surface area contributed by atoms with Crippen molar-refractivity contribution in [2.24, 2.45) is 0 Å². The van der Waals surface area contributed by atoms with Crippen LogP contribution in [0.15, 0.2) is 127 Å². The Bertz CT molecular complexity index is 1470. The molecule has 1 amide bonds. The first-order valence-electron chi connectivity index (χ1n) is 15.5.